The SMILES string of the molecule is CC1=CC=C(C2=CC=C(/C=C/C(=O)Oc3ccc(C)cc3)CC2)CC1. The molecule has 0 saturated heterocycles. The summed E-state index contributed by atoms with van der Waals surface area (Å²) < 4.78 is 5.30. The molecule has 3 rings (SSSR count). The van der Waals surface area contributed by atoms with Crippen molar-refractivity contribution < 1.29 is 9.53 Å². The molecule has 0 radical (unpaired) electrons. The van der Waals surface area contributed by atoms with Gasteiger partial charge in [-0.05, 0) is 68.4 Å². The van der Waals surface area contributed by atoms with Crippen molar-refractivity contribution in [3.8, 4) is 5.75 Å². The first-order valence-corrected chi connectivity index (χ1v) is 8.83. The number of carbonyl (C=O) groups excluding carboxylic acids is 1. The largest absolute Gasteiger partial charge is 0.423 e. The lowest BCUT2D eigenvalue weighted by molar-refractivity contribution is -0.129. The molecule has 0 atom stereocenters. The standard InChI is InChI=1S/C23H24O2/c1-17-3-10-20(11-4-17)21-12-7-19(8-13-21)9-16-23(24)25-22-14-5-18(2)6-15-22/h3,5-7,9-10,12,14-16H,4,8,11,13H2,1-2H3/b16-9+. The Kier molecular flexibility index (Phi) is 5.49. The van der Waals surface area contributed by atoms with Crippen molar-refractivity contribution in [2.24, 2.45) is 0 Å². The quantitative estimate of drug-likeness (QED) is 0.397. The highest BCUT2D eigenvalue weighted by Gasteiger charge is 2.11. The summed E-state index contributed by atoms with van der Waals surface area (Å²) >= 11 is 0. The third kappa shape index (κ3) is 4.93. The van der Waals surface area contributed by atoms with Crippen LogP contribution in [0.4, 0.5) is 0 Å². The maximum absolute atomic E-state index is 11.9. The minimum absolute atomic E-state index is 0.338. The number of hydrogen-bond donors (Lipinski definition) is 0. The molecular weight excluding hydrogens is 308 g/mol. The zero-order chi connectivity index (χ0) is 17.6. The van der Waals surface area contributed by atoms with Crippen molar-refractivity contribution in [3.05, 3.63) is 88.6 Å². The zero-order valence-electron chi connectivity index (χ0n) is 14.9. The van der Waals surface area contributed by atoms with Gasteiger partial charge in [0.05, 0.1) is 0 Å². The predicted octanol–water partition coefficient (Wildman–Crippen LogP) is 5.77. The normalized spacial score (nSPS) is 17.5. The Morgan fingerprint density at radius 2 is 1.56 bits per heavy atom. The molecule has 2 aliphatic carbocycles. The molecule has 0 N–H and O–H groups in total. The van der Waals surface area contributed by atoms with Crippen molar-refractivity contribution in [1.29, 1.82) is 0 Å². The lowest BCUT2D eigenvalue weighted by atomic mass is 9.87. The highest BCUT2D eigenvalue weighted by Crippen LogP contribution is 2.30. The van der Waals surface area contributed by atoms with Crippen LogP contribution in [0.1, 0.15) is 38.2 Å². The number of esters is 1. The molecule has 0 fully saturated rings. The number of carbonyl (C=O) groups is 1. The van der Waals surface area contributed by atoms with E-state index in [-0.39, 0.29) is 5.97 Å². The molecule has 1 aromatic rings. The van der Waals surface area contributed by atoms with Crippen LogP contribution in [-0.4, -0.2) is 5.97 Å². The van der Waals surface area contributed by atoms with Gasteiger partial charge in [0.2, 0.25) is 0 Å². The van der Waals surface area contributed by atoms with E-state index in [2.05, 4.69) is 31.2 Å². The van der Waals surface area contributed by atoms with Crippen LogP contribution >= 0.6 is 0 Å². The minimum atomic E-state index is -0.338. The molecule has 2 aliphatic rings. The number of aryl methyl sites for hydroxylation is 1. The second kappa shape index (κ2) is 7.98. The van der Waals surface area contributed by atoms with Crippen LogP contribution in [0, 0.1) is 6.92 Å². The summed E-state index contributed by atoms with van der Waals surface area (Å²) in [4.78, 5) is 11.9. The summed E-state index contributed by atoms with van der Waals surface area (Å²) in [6.07, 6.45) is 16.4. The van der Waals surface area contributed by atoms with E-state index in [1.54, 1.807) is 0 Å². The van der Waals surface area contributed by atoms with Gasteiger partial charge in [0.15, 0.2) is 0 Å². The molecule has 0 saturated carbocycles. The first-order valence-electron chi connectivity index (χ1n) is 8.83. The first-order chi connectivity index (χ1) is 12.1. The van der Waals surface area contributed by atoms with Crippen molar-refractivity contribution >= 4 is 5.97 Å². The molecule has 0 aliphatic heterocycles. The fourth-order valence-corrected chi connectivity index (χ4v) is 3.00. The third-order valence-corrected chi connectivity index (χ3v) is 4.62. The van der Waals surface area contributed by atoms with Gasteiger partial charge >= 0.3 is 5.97 Å². The van der Waals surface area contributed by atoms with Crippen LogP contribution < -0.4 is 4.74 Å². The van der Waals surface area contributed by atoms with Gasteiger partial charge in [0.25, 0.3) is 0 Å². The second-order valence-corrected chi connectivity index (χ2v) is 6.71. The van der Waals surface area contributed by atoms with Crippen LogP contribution in [0.15, 0.2) is 83.0 Å². The van der Waals surface area contributed by atoms with Crippen molar-refractivity contribution in [1.82, 2.24) is 0 Å². The molecule has 128 valence electrons. The maximum Gasteiger partial charge on any atom is 0.336 e. The van der Waals surface area contributed by atoms with Gasteiger partial charge < -0.3 is 4.74 Å². The highest BCUT2D eigenvalue weighted by atomic mass is 16.5. The van der Waals surface area contributed by atoms with E-state index in [9.17, 15) is 4.79 Å². The van der Waals surface area contributed by atoms with E-state index in [4.69, 9.17) is 4.74 Å². The van der Waals surface area contributed by atoms with Crippen LogP contribution in [-0.2, 0) is 4.79 Å². The summed E-state index contributed by atoms with van der Waals surface area (Å²) in [6, 6.07) is 7.48. The molecular formula is C23H24O2. The highest BCUT2D eigenvalue weighted by molar-refractivity contribution is 5.84. The molecule has 2 heteroatoms. The molecule has 2 nitrogen and oxygen atoms in total. The minimum Gasteiger partial charge on any atom is -0.423 e. The van der Waals surface area contributed by atoms with Crippen molar-refractivity contribution in [2.45, 2.75) is 39.5 Å². The number of benzene rings is 1. The van der Waals surface area contributed by atoms with E-state index in [1.165, 1.54) is 22.8 Å². The second-order valence-electron chi connectivity index (χ2n) is 6.71. The maximum atomic E-state index is 11.9. The fraction of sp³-hybridized carbons (Fsp3) is 0.261. The van der Waals surface area contributed by atoms with E-state index >= 15 is 0 Å². The summed E-state index contributed by atoms with van der Waals surface area (Å²) in [5, 5.41) is 0. The molecule has 0 bridgehead atoms. The lowest BCUT2D eigenvalue weighted by Gasteiger charge is -2.18. The average Bonchev–Trinajstić information content (AvgIpc) is 2.63. The molecule has 0 spiro atoms. The van der Waals surface area contributed by atoms with Crippen LogP contribution in [0.25, 0.3) is 0 Å². The molecule has 0 unspecified atom stereocenters. The molecule has 0 aromatic heterocycles. The number of hydrogen-bond acceptors (Lipinski definition) is 2. The average molecular weight is 332 g/mol. The van der Waals surface area contributed by atoms with Gasteiger partial charge in [-0.1, -0.05) is 53.6 Å². The molecule has 1 aromatic carbocycles. The van der Waals surface area contributed by atoms with Crippen LogP contribution in [0.2, 0.25) is 0 Å². The van der Waals surface area contributed by atoms with E-state index in [0.29, 0.717) is 5.75 Å². The predicted molar refractivity (Wildman–Crippen MR) is 102 cm³/mol. The fourth-order valence-electron chi connectivity index (χ4n) is 3.00. The van der Waals surface area contributed by atoms with Gasteiger partial charge in [-0.25, -0.2) is 4.79 Å². The topological polar surface area (TPSA) is 26.3 Å². The van der Waals surface area contributed by atoms with Crippen LogP contribution in [0.3, 0.4) is 0 Å². The van der Waals surface area contributed by atoms with E-state index in [0.717, 1.165) is 36.8 Å². The Balaban J connectivity index is 1.59. The monoisotopic (exact) mass is 332 g/mol. The summed E-state index contributed by atoms with van der Waals surface area (Å²) in [5.74, 6) is 0.239. The van der Waals surface area contributed by atoms with Gasteiger partial charge in [-0.3, -0.25) is 0 Å². The Morgan fingerprint density at radius 3 is 2.16 bits per heavy atom. The molecule has 0 amide bonds. The number of ether oxygens (including phenoxy) is 1. The van der Waals surface area contributed by atoms with Gasteiger partial charge in [-0.15, -0.1) is 0 Å². The van der Waals surface area contributed by atoms with Crippen LogP contribution in [0.5, 0.6) is 5.75 Å². The molecule has 25 heavy (non-hydrogen) atoms. The Hall–Kier alpha value is -2.61. The first kappa shape index (κ1) is 17.2. The Morgan fingerprint density at radius 1 is 0.880 bits per heavy atom. The summed E-state index contributed by atoms with van der Waals surface area (Å²) in [6.45, 7) is 4.19. The summed E-state index contributed by atoms with van der Waals surface area (Å²) in [5.41, 5.74) is 6.62. The number of allylic oxidation sites excluding steroid dienone is 9. The van der Waals surface area contributed by atoms with Gasteiger partial charge in [0, 0.05) is 6.08 Å². The zero-order valence-corrected chi connectivity index (χ0v) is 14.9. The third-order valence-electron chi connectivity index (χ3n) is 4.62. The Labute approximate surface area is 149 Å². The van der Waals surface area contributed by atoms with Gasteiger partial charge in [0.1, 0.15) is 5.75 Å². The van der Waals surface area contributed by atoms with Crippen molar-refractivity contribution in [2.75, 3.05) is 0 Å². The Bertz CT molecular complexity index is 799. The van der Waals surface area contributed by atoms with Gasteiger partial charge in [-0.2, -0.15) is 0 Å². The van der Waals surface area contributed by atoms with E-state index in [1.807, 2.05) is 37.3 Å². The smallest absolute Gasteiger partial charge is 0.336 e. The summed E-state index contributed by atoms with van der Waals surface area (Å²) in [7, 11) is 0. The number of rotatable bonds is 4. The van der Waals surface area contributed by atoms with E-state index < -0.39 is 0 Å². The molecule has 0 heterocycles. The lowest BCUT2D eigenvalue weighted by Crippen LogP contribution is -2.04. The van der Waals surface area contributed by atoms with Crippen molar-refractivity contribution in [3.63, 3.8) is 0 Å².